The van der Waals surface area contributed by atoms with Crippen molar-refractivity contribution in [1.29, 1.82) is 0 Å². The van der Waals surface area contributed by atoms with E-state index in [2.05, 4.69) is 5.32 Å². The van der Waals surface area contributed by atoms with Crippen LogP contribution in [0.1, 0.15) is 54.4 Å². The molecule has 0 saturated heterocycles. The van der Waals surface area contributed by atoms with E-state index < -0.39 is 31.2 Å². The van der Waals surface area contributed by atoms with Gasteiger partial charge in [-0.3, -0.25) is 14.7 Å². The maximum absolute atomic E-state index is 13.5. The van der Waals surface area contributed by atoms with Gasteiger partial charge in [-0.1, -0.05) is 20.8 Å². The number of carboxylic acid groups (broad SMARTS) is 1. The Balaban J connectivity index is 5.52. The van der Waals surface area contributed by atoms with Gasteiger partial charge in [0.15, 0.2) is 0 Å². The normalized spacial score (nSPS) is 17.0. The van der Waals surface area contributed by atoms with Crippen molar-refractivity contribution in [2.75, 3.05) is 19.8 Å². The van der Waals surface area contributed by atoms with Crippen LogP contribution in [0.3, 0.4) is 0 Å². The van der Waals surface area contributed by atoms with Gasteiger partial charge in [-0.05, 0) is 39.5 Å². The molecule has 144 valence electrons. The van der Waals surface area contributed by atoms with Gasteiger partial charge in [0, 0.05) is 13.2 Å². The monoisotopic (exact) mass is 367 g/mol. The van der Waals surface area contributed by atoms with Gasteiger partial charge in [0.05, 0.1) is 12.4 Å². The molecule has 2 N–H and O–H groups in total. The minimum absolute atomic E-state index is 0.192. The molecule has 8 heteroatoms. The van der Waals surface area contributed by atoms with E-state index >= 15 is 0 Å². The molecule has 24 heavy (non-hydrogen) atoms. The zero-order chi connectivity index (χ0) is 18.8. The fourth-order valence-corrected chi connectivity index (χ4v) is 5.07. The quantitative estimate of drug-likeness (QED) is 0.358. The summed E-state index contributed by atoms with van der Waals surface area (Å²) in [7, 11) is -3.43. The first-order valence-corrected chi connectivity index (χ1v) is 10.5. The van der Waals surface area contributed by atoms with Crippen molar-refractivity contribution in [3.63, 3.8) is 0 Å². The summed E-state index contributed by atoms with van der Waals surface area (Å²) >= 11 is 0. The molecule has 0 aliphatic heterocycles. The van der Waals surface area contributed by atoms with Crippen molar-refractivity contribution in [2.24, 2.45) is 5.92 Å². The molecule has 0 amide bonds. The highest BCUT2D eigenvalue weighted by Crippen LogP contribution is 2.57. The van der Waals surface area contributed by atoms with E-state index in [1.807, 2.05) is 20.8 Å². The predicted molar refractivity (Wildman–Crippen MR) is 94.4 cm³/mol. The number of hydrogen-bond acceptors (Lipinski definition) is 6. The summed E-state index contributed by atoms with van der Waals surface area (Å²) in [5.74, 6) is -1.42. The Bertz CT molecular complexity index is 398. The van der Waals surface area contributed by atoms with Crippen LogP contribution in [0.4, 0.5) is 0 Å². The third-order valence-corrected chi connectivity index (χ3v) is 6.39. The van der Waals surface area contributed by atoms with Gasteiger partial charge in [0.2, 0.25) is 6.03 Å². The van der Waals surface area contributed by atoms with E-state index in [9.17, 15) is 14.5 Å². The van der Waals surface area contributed by atoms with Crippen molar-refractivity contribution in [2.45, 2.75) is 72.2 Å². The van der Waals surface area contributed by atoms with Crippen LogP contribution >= 0.6 is 7.37 Å². The number of rotatable bonds is 14. The molecule has 0 rings (SSSR count). The molecule has 0 radical (unpaired) electrons. The first-order chi connectivity index (χ1) is 11.3. The van der Waals surface area contributed by atoms with Gasteiger partial charge in [-0.25, -0.2) is 0 Å². The third-order valence-electron chi connectivity index (χ3n) is 3.46. The molecule has 0 fully saturated rings. The van der Waals surface area contributed by atoms with E-state index in [4.69, 9.17) is 14.0 Å². The second kappa shape index (κ2) is 12.0. The Kier molecular flexibility index (Phi) is 11.8. The summed E-state index contributed by atoms with van der Waals surface area (Å²) in [5, 5.41) is 12.5. The average Bonchev–Trinajstić information content (AvgIpc) is 2.50. The van der Waals surface area contributed by atoms with Crippen molar-refractivity contribution in [1.82, 2.24) is 5.32 Å². The highest BCUT2D eigenvalue weighted by Gasteiger charge is 2.44. The lowest BCUT2D eigenvalue weighted by Crippen LogP contribution is -2.45. The van der Waals surface area contributed by atoms with Crippen LogP contribution in [0.5, 0.6) is 0 Å². The highest BCUT2D eigenvalue weighted by molar-refractivity contribution is 7.60. The summed E-state index contributed by atoms with van der Waals surface area (Å²) in [5.41, 5.74) is 0. The minimum atomic E-state index is -3.43. The molecule has 0 spiro atoms. The maximum Gasteiger partial charge on any atom is 0.320 e. The van der Waals surface area contributed by atoms with Crippen LogP contribution in [-0.4, -0.2) is 48.8 Å². The molecular weight excluding hydrogens is 333 g/mol. The van der Waals surface area contributed by atoms with Crippen LogP contribution in [0.2, 0.25) is 0 Å². The lowest BCUT2D eigenvalue weighted by molar-refractivity contribution is -0.140. The molecular formula is C16H34NO6P. The van der Waals surface area contributed by atoms with Crippen LogP contribution in [-0.2, 0) is 23.4 Å². The SMILES string of the molecule is CCOC(OCC)[P@@](=O)(OCC)[C@H](CC)N[C@@H](CC(C)C)C(=O)O. The summed E-state index contributed by atoms with van der Waals surface area (Å²) in [6.45, 7) is 11.9. The molecule has 0 aromatic carbocycles. The Morgan fingerprint density at radius 3 is 1.96 bits per heavy atom. The van der Waals surface area contributed by atoms with Gasteiger partial charge in [0.1, 0.15) is 6.04 Å². The minimum Gasteiger partial charge on any atom is -0.480 e. The van der Waals surface area contributed by atoms with Crippen LogP contribution in [0.25, 0.3) is 0 Å². The number of ether oxygens (including phenoxy) is 2. The highest BCUT2D eigenvalue weighted by atomic mass is 31.2. The lowest BCUT2D eigenvalue weighted by Gasteiger charge is -2.34. The molecule has 0 aliphatic carbocycles. The number of hydrogen-bond donors (Lipinski definition) is 2. The maximum atomic E-state index is 13.5. The largest absolute Gasteiger partial charge is 0.480 e. The van der Waals surface area contributed by atoms with Crippen molar-refractivity contribution in [3.8, 4) is 0 Å². The number of nitrogens with one attached hydrogen (secondary N) is 1. The van der Waals surface area contributed by atoms with E-state index in [0.29, 0.717) is 26.1 Å². The summed E-state index contributed by atoms with van der Waals surface area (Å²) in [4.78, 5) is 11.5. The second-order valence-corrected chi connectivity index (χ2v) is 8.49. The fraction of sp³-hybridized carbons (Fsp3) is 0.938. The molecule has 7 nitrogen and oxygen atoms in total. The van der Waals surface area contributed by atoms with E-state index in [1.54, 1.807) is 20.8 Å². The molecule has 3 atom stereocenters. The zero-order valence-electron chi connectivity index (χ0n) is 15.8. The number of aliphatic carboxylic acids is 1. The number of carboxylic acids is 1. The Morgan fingerprint density at radius 2 is 1.62 bits per heavy atom. The molecule has 0 heterocycles. The molecule has 0 aromatic heterocycles. The van der Waals surface area contributed by atoms with Crippen molar-refractivity contribution in [3.05, 3.63) is 0 Å². The van der Waals surface area contributed by atoms with Crippen LogP contribution < -0.4 is 5.32 Å². The van der Waals surface area contributed by atoms with Crippen LogP contribution in [0, 0.1) is 5.92 Å². The van der Waals surface area contributed by atoms with E-state index in [0.717, 1.165) is 0 Å². The average molecular weight is 367 g/mol. The van der Waals surface area contributed by atoms with Gasteiger partial charge < -0.3 is 19.1 Å². The number of carbonyl (C=O) groups is 1. The summed E-state index contributed by atoms with van der Waals surface area (Å²) in [6, 6.07) is -1.80. The molecule has 0 aromatic rings. The Hall–Kier alpha value is -0.460. The van der Waals surface area contributed by atoms with Gasteiger partial charge in [-0.2, -0.15) is 0 Å². The van der Waals surface area contributed by atoms with Gasteiger partial charge in [0.25, 0.3) is 7.37 Å². The van der Waals surface area contributed by atoms with Crippen molar-refractivity contribution >= 4 is 13.3 Å². The second-order valence-electron chi connectivity index (χ2n) is 5.89. The Morgan fingerprint density at radius 1 is 1.08 bits per heavy atom. The molecule has 0 aliphatic rings. The first-order valence-electron chi connectivity index (χ1n) is 8.72. The van der Waals surface area contributed by atoms with Gasteiger partial charge in [-0.15, -0.1) is 0 Å². The summed E-state index contributed by atoms with van der Waals surface area (Å²) < 4.78 is 30.1. The predicted octanol–water partition coefficient (Wildman–Crippen LogP) is 3.48. The third kappa shape index (κ3) is 7.19. The lowest BCUT2D eigenvalue weighted by atomic mass is 10.0. The smallest absolute Gasteiger partial charge is 0.320 e. The van der Waals surface area contributed by atoms with Crippen LogP contribution in [0.15, 0.2) is 0 Å². The van der Waals surface area contributed by atoms with Gasteiger partial charge >= 0.3 is 5.97 Å². The fourth-order valence-electron chi connectivity index (χ4n) is 2.46. The molecule has 0 unspecified atom stereocenters. The molecule has 0 bridgehead atoms. The molecule has 0 saturated carbocycles. The van der Waals surface area contributed by atoms with E-state index in [-0.39, 0.29) is 12.5 Å². The summed E-state index contributed by atoms with van der Waals surface area (Å²) in [6.07, 6.45) is 0.877. The zero-order valence-corrected chi connectivity index (χ0v) is 16.7. The Labute approximate surface area is 145 Å². The first kappa shape index (κ1) is 23.5. The van der Waals surface area contributed by atoms with E-state index in [1.165, 1.54) is 0 Å². The standard InChI is InChI=1S/C16H34NO6P/c1-7-14(17-13(15(18)19)11-12(5)6)24(20,23-10-4)16(21-8-2)22-9-3/h12-14,16-17H,7-11H2,1-6H3,(H,18,19)/t13-,14+,24-/m0/s1. The topological polar surface area (TPSA) is 94.1 Å². The van der Waals surface area contributed by atoms with Crippen molar-refractivity contribution < 1.29 is 28.5 Å².